The van der Waals surface area contributed by atoms with Crippen molar-refractivity contribution in [2.75, 3.05) is 0 Å². The van der Waals surface area contributed by atoms with Gasteiger partial charge in [-0.25, -0.2) is 8.78 Å². The average molecular weight is 298 g/mol. The van der Waals surface area contributed by atoms with E-state index in [4.69, 9.17) is 15.7 Å². The molecule has 3 N–H and O–H groups in total. The normalized spacial score (nSPS) is 23.1. The zero-order valence-electron chi connectivity index (χ0n) is 12.0. The Balaban J connectivity index is 2.24. The van der Waals surface area contributed by atoms with Crippen molar-refractivity contribution >= 4 is 5.84 Å². The summed E-state index contributed by atoms with van der Waals surface area (Å²) in [6.07, 6.45) is 4.72. The van der Waals surface area contributed by atoms with E-state index in [1.54, 1.807) is 0 Å². The molecular weight excluding hydrogens is 278 g/mol. The highest BCUT2D eigenvalue weighted by molar-refractivity contribution is 5.97. The van der Waals surface area contributed by atoms with Crippen molar-refractivity contribution < 1.29 is 18.7 Å². The Morgan fingerprint density at radius 3 is 2.52 bits per heavy atom. The van der Waals surface area contributed by atoms with Crippen LogP contribution in [0.5, 0.6) is 5.75 Å². The molecular formula is C15H20F2N2O2. The highest BCUT2D eigenvalue weighted by Crippen LogP contribution is 2.33. The molecule has 0 spiro atoms. The molecule has 0 heterocycles. The topological polar surface area (TPSA) is 67.8 Å². The van der Waals surface area contributed by atoms with Crippen LogP contribution in [0.4, 0.5) is 8.78 Å². The van der Waals surface area contributed by atoms with Crippen LogP contribution in [0.25, 0.3) is 0 Å². The van der Waals surface area contributed by atoms with Gasteiger partial charge in [0, 0.05) is 5.56 Å². The molecule has 0 aliphatic heterocycles. The lowest BCUT2D eigenvalue weighted by Gasteiger charge is -2.31. The lowest BCUT2D eigenvalue weighted by atomic mass is 9.85. The third kappa shape index (κ3) is 3.43. The Hall–Kier alpha value is -1.85. The molecule has 1 aliphatic carbocycles. The molecule has 21 heavy (non-hydrogen) atoms. The van der Waals surface area contributed by atoms with Crippen LogP contribution in [-0.2, 0) is 0 Å². The van der Waals surface area contributed by atoms with Crippen LogP contribution in [-0.4, -0.2) is 17.1 Å². The summed E-state index contributed by atoms with van der Waals surface area (Å²) in [5, 5.41) is 11.3. The molecule has 1 aromatic carbocycles. The second kappa shape index (κ2) is 6.74. The van der Waals surface area contributed by atoms with Gasteiger partial charge in [-0.15, -0.1) is 0 Å². The molecule has 4 nitrogen and oxygen atoms in total. The van der Waals surface area contributed by atoms with Crippen LogP contribution in [0.1, 0.15) is 44.6 Å². The van der Waals surface area contributed by atoms with E-state index in [9.17, 15) is 8.78 Å². The molecule has 0 saturated heterocycles. The smallest absolute Gasteiger partial charge is 0.191 e. The van der Waals surface area contributed by atoms with E-state index < -0.39 is 11.6 Å². The quantitative estimate of drug-likeness (QED) is 0.387. The molecule has 1 fully saturated rings. The summed E-state index contributed by atoms with van der Waals surface area (Å²) in [6.45, 7) is 2.06. The predicted molar refractivity (Wildman–Crippen MR) is 75.5 cm³/mol. The summed E-state index contributed by atoms with van der Waals surface area (Å²) in [7, 11) is 0. The van der Waals surface area contributed by atoms with Gasteiger partial charge >= 0.3 is 0 Å². The maximum Gasteiger partial charge on any atom is 0.191 e. The van der Waals surface area contributed by atoms with Crippen molar-refractivity contribution in [3.05, 3.63) is 29.3 Å². The summed E-state index contributed by atoms with van der Waals surface area (Å²) >= 11 is 0. The fourth-order valence-electron chi connectivity index (χ4n) is 2.83. The Labute approximate surface area is 122 Å². The summed E-state index contributed by atoms with van der Waals surface area (Å²) in [5.74, 6) is -2.08. The molecule has 1 aliphatic rings. The number of ether oxygens (including phenoxy) is 1. The zero-order valence-corrected chi connectivity index (χ0v) is 12.0. The first kappa shape index (κ1) is 15.5. The van der Waals surface area contributed by atoms with Gasteiger partial charge in [-0.05, 0) is 43.7 Å². The van der Waals surface area contributed by atoms with E-state index >= 15 is 0 Å². The Bertz CT molecular complexity index is 511. The third-order valence-electron chi connectivity index (χ3n) is 4.03. The molecule has 6 heteroatoms. The first-order chi connectivity index (χ1) is 10.1. The van der Waals surface area contributed by atoms with E-state index in [2.05, 4.69) is 12.1 Å². The van der Waals surface area contributed by atoms with E-state index in [1.807, 2.05) is 0 Å². The minimum Gasteiger partial charge on any atom is -0.484 e. The Morgan fingerprint density at radius 1 is 1.33 bits per heavy atom. The fraction of sp³-hybridized carbons (Fsp3) is 0.533. The van der Waals surface area contributed by atoms with E-state index in [0.717, 1.165) is 44.2 Å². The highest BCUT2D eigenvalue weighted by atomic mass is 19.1. The number of nitrogens with two attached hydrogens (primary N) is 1. The van der Waals surface area contributed by atoms with Gasteiger partial charge in [-0.1, -0.05) is 18.5 Å². The molecule has 2 rings (SSSR count). The lowest BCUT2D eigenvalue weighted by Crippen LogP contribution is -2.30. The highest BCUT2D eigenvalue weighted by Gasteiger charge is 2.27. The predicted octanol–water partition coefficient (Wildman–Crippen LogP) is 3.41. The van der Waals surface area contributed by atoms with Gasteiger partial charge < -0.3 is 15.7 Å². The number of benzene rings is 1. The number of amidine groups is 1. The minimum absolute atomic E-state index is 0.0180. The summed E-state index contributed by atoms with van der Waals surface area (Å²) < 4.78 is 33.7. The lowest BCUT2D eigenvalue weighted by molar-refractivity contribution is 0.0819. The molecule has 0 aromatic heterocycles. The Kier molecular flexibility index (Phi) is 4.98. The van der Waals surface area contributed by atoms with Gasteiger partial charge in [-0.2, -0.15) is 0 Å². The van der Waals surface area contributed by atoms with E-state index in [1.165, 1.54) is 0 Å². The van der Waals surface area contributed by atoms with Crippen LogP contribution in [0.15, 0.2) is 17.3 Å². The molecule has 1 saturated carbocycles. The van der Waals surface area contributed by atoms with Gasteiger partial charge in [0.05, 0.1) is 0 Å². The molecule has 1 aromatic rings. The number of halogens is 2. The number of rotatable bonds is 4. The van der Waals surface area contributed by atoms with Crippen LogP contribution >= 0.6 is 0 Å². The number of nitrogens with zero attached hydrogens (tertiary/aromatic N) is 1. The summed E-state index contributed by atoms with van der Waals surface area (Å²) in [6, 6.07) is 2.02. The second-order valence-corrected chi connectivity index (χ2v) is 5.36. The van der Waals surface area contributed by atoms with Crippen LogP contribution < -0.4 is 10.5 Å². The van der Waals surface area contributed by atoms with Crippen molar-refractivity contribution in [1.29, 1.82) is 0 Å². The summed E-state index contributed by atoms with van der Waals surface area (Å²) in [5.41, 5.74) is 5.32. The second-order valence-electron chi connectivity index (χ2n) is 5.36. The van der Waals surface area contributed by atoms with E-state index in [0.29, 0.717) is 5.92 Å². The van der Waals surface area contributed by atoms with Gasteiger partial charge in [0.1, 0.15) is 6.10 Å². The first-order valence-corrected chi connectivity index (χ1v) is 7.20. The van der Waals surface area contributed by atoms with Crippen LogP contribution in [0, 0.1) is 17.6 Å². The van der Waals surface area contributed by atoms with Crippen molar-refractivity contribution in [1.82, 2.24) is 0 Å². The van der Waals surface area contributed by atoms with Crippen LogP contribution in [0.3, 0.4) is 0 Å². The van der Waals surface area contributed by atoms with Crippen molar-refractivity contribution in [2.24, 2.45) is 16.8 Å². The SMILES string of the molecule is CCC1CCCCC1Oc1c(F)cc(C(N)=NO)cc1F. The van der Waals surface area contributed by atoms with E-state index in [-0.39, 0.29) is 23.3 Å². The molecule has 2 unspecified atom stereocenters. The largest absolute Gasteiger partial charge is 0.484 e. The van der Waals surface area contributed by atoms with Crippen molar-refractivity contribution in [3.63, 3.8) is 0 Å². The van der Waals surface area contributed by atoms with Crippen LogP contribution in [0.2, 0.25) is 0 Å². The standard InChI is InChI=1S/C15H20F2N2O2/c1-2-9-5-3-4-6-13(9)21-14-11(16)7-10(8-12(14)17)15(18)19-20/h7-9,13,20H,2-6H2,1H3,(H2,18,19). The molecule has 0 bridgehead atoms. The van der Waals surface area contributed by atoms with Crippen molar-refractivity contribution in [2.45, 2.75) is 45.1 Å². The monoisotopic (exact) mass is 298 g/mol. The zero-order chi connectivity index (χ0) is 15.4. The molecule has 116 valence electrons. The molecule has 0 radical (unpaired) electrons. The van der Waals surface area contributed by atoms with Gasteiger partial charge in [0.15, 0.2) is 23.2 Å². The van der Waals surface area contributed by atoms with Gasteiger partial charge in [0.25, 0.3) is 0 Å². The van der Waals surface area contributed by atoms with Gasteiger partial charge in [-0.3, -0.25) is 0 Å². The fourth-order valence-corrected chi connectivity index (χ4v) is 2.83. The Morgan fingerprint density at radius 2 is 1.95 bits per heavy atom. The summed E-state index contributed by atoms with van der Waals surface area (Å²) in [4.78, 5) is 0. The number of oxime groups is 1. The number of hydrogen-bond acceptors (Lipinski definition) is 3. The average Bonchev–Trinajstić information content (AvgIpc) is 2.50. The number of hydrogen-bond donors (Lipinski definition) is 2. The van der Waals surface area contributed by atoms with Crippen molar-refractivity contribution in [3.8, 4) is 5.75 Å². The third-order valence-corrected chi connectivity index (χ3v) is 4.03. The molecule has 0 amide bonds. The minimum atomic E-state index is -0.836. The molecule has 2 atom stereocenters. The maximum absolute atomic E-state index is 14.0. The van der Waals surface area contributed by atoms with Gasteiger partial charge in [0.2, 0.25) is 0 Å². The maximum atomic E-state index is 14.0. The first-order valence-electron chi connectivity index (χ1n) is 7.20.